The van der Waals surface area contributed by atoms with Crippen molar-refractivity contribution in [2.45, 2.75) is 6.92 Å². The van der Waals surface area contributed by atoms with Crippen molar-refractivity contribution < 1.29 is 14.1 Å². The van der Waals surface area contributed by atoms with Gasteiger partial charge in [-0.05, 0) is 30.7 Å². The minimum absolute atomic E-state index is 0.188. The number of ether oxygens (including phenoxy) is 1. The predicted octanol–water partition coefficient (Wildman–Crippen LogP) is 4.65. The molecule has 0 radical (unpaired) electrons. The summed E-state index contributed by atoms with van der Waals surface area (Å²) in [6.45, 7) is 1.76. The molecule has 1 aliphatic rings. The summed E-state index contributed by atoms with van der Waals surface area (Å²) in [6, 6.07) is 16.6. The van der Waals surface area contributed by atoms with E-state index in [2.05, 4.69) is 10.1 Å². The average molecular weight is 365 g/mol. The Hall–Kier alpha value is -3.18. The van der Waals surface area contributed by atoms with Crippen LogP contribution in [-0.4, -0.2) is 17.0 Å². The van der Waals surface area contributed by atoms with Crippen molar-refractivity contribution >= 4 is 29.5 Å². The maximum Gasteiger partial charge on any atom is 0.363 e. The molecule has 0 atom stereocenters. The molecule has 0 fully saturated rings. The lowest BCUT2D eigenvalue weighted by Gasteiger charge is -2.01. The summed E-state index contributed by atoms with van der Waals surface area (Å²) >= 11 is 5.88. The fraction of sp³-hybridized carbons (Fsp3) is 0.0500. The Morgan fingerprint density at radius 3 is 2.50 bits per heavy atom. The lowest BCUT2D eigenvalue weighted by molar-refractivity contribution is -0.129. The molecule has 0 unspecified atom stereocenters. The highest BCUT2D eigenvalue weighted by atomic mass is 35.5. The van der Waals surface area contributed by atoms with Gasteiger partial charge >= 0.3 is 5.97 Å². The Balaban J connectivity index is 1.75. The quantitative estimate of drug-likeness (QED) is 0.501. The molecule has 0 saturated heterocycles. The van der Waals surface area contributed by atoms with Gasteiger partial charge in [-0.25, -0.2) is 9.79 Å². The average Bonchev–Trinajstić information content (AvgIpc) is 3.20. The standard InChI is InChI=1S/C20H13ClN2O3/c1-12-17(18(23-26-12)14-5-3-2-4-6-14)19-22-16(20(24)25-19)11-13-7-9-15(21)10-8-13/h2-11H,1H3/b16-11+. The summed E-state index contributed by atoms with van der Waals surface area (Å²) < 4.78 is 10.7. The maximum atomic E-state index is 12.2. The van der Waals surface area contributed by atoms with E-state index in [-0.39, 0.29) is 11.6 Å². The Bertz CT molecular complexity index is 1030. The van der Waals surface area contributed by atoms with E-state index in [1.165, 1.54) is 0 Å². The summed E-state index contributed by atoms with van der Waals surface area (Å²) in [5.74, 6) is 0.200. The van der Waals surface area contributed by atoms with E-state index in [1.807, 2.05) is 30.3 Å². The fourth-order valence-corrected chi connectivity index (χ4v) is 2.78. The van der Waals surface area contributed by atoms with Crippen LogP contribution in [0.25, 0.3) is 17.3 Å². The molecule has 1 aromatic heterocycles. The van der Waals surface area contributed by atoms with Gasteiger partial charge in [0.05, 0.1) is 0 Å². The number of aryl methyl sites for hydroxylation is 1. The molecule has 6 heteroatoms. The molecule has 0 aliphatic carbocycles. The third-order valence-electron chi connectivity index (χ3n) is 3.92. The molecule has 0 spiro atoms. The van der Waals surface area contributed by atoms with Crippen LogP contribution in [0.5, 0.6) is 0 Å². The molecule has 2 heterocycles. The summed E-state index contributed by atoms with van der Waals surface area (Å²) in [7, 11) is 0. The van der Waals surface area contributed by atoms with Gasteiger partial charge in [0.2, 0.25) is 5.90 Å². The molecule has 4 rings (SSSR count). The van der Waals surface area contributed by atoms with Gasteiger partial charge in [0, 0.05) is 10.6 Å². The number of hydrogen-bond acceptors (Lipinski definition) is 5. The molecule has 3 aromatic rings. The highest BCUT2D eigenvalue weighted by Crippen LogP contribution is 2.29. The molecule has 0 amide bonds. The van der Waals surface area contributed by atoms with E-state index in [9.17, 15) is 4.79 Å². The Morgan fingerprint density at radius 2 is 1.77 bits per heavy atom. The van der Waals surface area contributed by atoms with Crippen molar-refractivity contribution in [3.8, 4) is 11.3 Å². The zero-order valence-corrected chi connectivity index (χ0v) is 14.5. The van der Waals surface area contributed by atoms with Crippen molar-refractivity contribution in [3.05, 3.63) is 82.2 Å². The minimum Gasteiger partial charge on any atom is -0.402 e. The van der Waals surface area contributed by atoms with E-state index in [1.54, 1.807) is 37.3 Å². The molecular formula is C20H13ClN2O3. The molecule has 0 saturated carbocycles. The minimum atomic E-state index is -0.519. The number of nitrogens with zero attached hydrogens (tertiary/aromatic N) is 2. The predicted molar refractivity (Wildman–Crippen MR) is 98.7 cm³/mol. The third kappa shape index (κ3) is 3.05. The largest absolute Gasteiger partial charge is 0.402 e. The Kier molecular flexibility index (Phi) is 4.14. The van der Waals surface area contributed by atoms with Gasteiger partial charge in [0.25, 0.3) is 0 Å². The zero-order valence-electron chi connectivity index (χ0n) is 13.8. The van der Waals surface area contributed by atoms with Gasteiger partial charge in [-0.2, -0.15) is 0 Å². The Morgan fingerprint density at radius 1 is 1.04 bits per heavy atom. The summed E-state index contributed by atoms with van der Waals surface area (Å²) in [5, 5.41) is 4.72. The first kappa shape index (κ1) is 16.3. The second kappa shape index (κ2) is 6.61. The molecule has 26 heavy (non-hydrogen) atoms. The topological polar surface area (TPSA) is 64.7 Å². The molecule has 1 aliphatic heterocycles. The van der Waals surface area contributed by atoms with Gasteiger partial charge < -0.3 is 9.26 Å². The van der Waals surface area contributed by atoms with Crippen molar-refractivity contribution in [2.24, 2.45) is 4.99 Å². The number of aromatic nitrogens is 1. The number of esters is 1. The van der Waals surface area contributed by atoms with E-state index in [0.29, 0.717) is 22.0 Å². The summed E-state index contributed by atoms with van der Waals surface area (Å²) in [4.78, 5) is 16.6. The first-order chi connectivity index (χ1) is 12.6. The SMILES string of the molecule is Cc1onc(-c2ccccc2)c1C1=N/C(=C/c2ccc(Cl)cc2)C(=O)O1. The summed E-state index contributed by atoms with van der Waals surface area (Å²) in [6.07, 6.45) is 1.65. The van der Waals surface area contributed by atoms with Crippen LogP contribution in [-0.2, 0) is 9.53 Å². The molecule has 2 aromatic carbocycles. The fourth-order valence-electron chi connectivity index (χ4n) is 2.65. The monoisotopic (exact) mass is 364 g/mol. The van der Waals surface area contributed by atoms with Crippen molar-refractivity contribution in [3.63, 3.8) is 0 Å². The van der Waals surface area contributed by atoms with Gasteiger partial charge in [0.15, 0.2) is 5.70 Å². The van der Waals surface area contributed by atoms with E-state index in [0.717, 1.165) is 11.1 Å². The number of halogens is 1. The molecule has 0 N–H and O–H groups in total. The lowest BCUT2D eigenvalue weighted by atomic mass is 10.1. The van der Waals surface area contributed by atoms with Gasteiger partial charge in [-0.3, -0.25) is 0 Å². The van der Waals surface area contributed by atoms with E-state index >= 15 is 0 Å². The van der Waals surface area contributed by atoms with Gasteiger partial charge in [-0.1, -0.05) is 59.2 Å². The highest BCUT2D eigenvalue weighted by molar-refractivity contribution is 6.30. The van der Waals surface area contributed by atoms with Crippen LogP contribution in [0.2, 0.25) is 5.02 Å². The van der Waals surface area contributed by atoms with Crippen LogP contribution in [0.4, 0.5) is 0 Å². The van der Waals surface area contributed by atoms with Crippen LogP contribution in [0.3, 0.4) is 0 Å². The molecular weight excluding hydrogens is 352 g/mol. The molecule has 128 valence electrons. The summed E-state index contributed by atoms with van der Waals surface area (Å²) in [5.41, 5.74) is 3.03. The van der Waals surface area contributed by atoms with Crippen LogP contribution in [0.15, 0.2) is 69.8 Å². The number of hydrogen-bond donors (Lipinski definition) is 0. The second-order valence-corrected chi connectivity index (χ2v) is 6.15. The van der Waals surface area contributed by atoms with Gasteiger partial charge in [0.1, 0.15) is 17.0 Å². The number of benzene rings is 2. The number of rotatable bonds is 3. The number of carbonyl (C=O) groups excluding carboxylic acids is 1. The Labute approximate surface area is 154 Å². The molecule has 0 bridgehead atoms. The van der Waals surface area contributed by atoms with Crippen LogP contribution >= 0.6 is 11.6 Å². The lowest BCUT2D eigenvalue weighted by Crippen LogP contribution is -2.07. The maximum absolute atomic E-state index is 12.2. The first-order valence-electron chi connectivity index (χ1n) is 7.92. The smallest absolute Gasteiger partial charge is 0.363 e. The van der Waals surface area contributed by atoms with E-state index in [4.69, 9.17) is 20.9 Å². The van der Waals surface area contributed by atoms with Crippen LogP contribution in [0.1, 0.15) is 16.9 Å². The van der Waals surface area contributed by atoms with Gasteiger partial charge in [-0.15, -0.1) is 0 Å². The number of cyclic esters (lactones) is 1. The van der Waals surface area contributed by atoms with Crippen molar-refractivity contribution in [1.82, 2.24) is 5.16 Å². The van der Waals surface area contributed by atoms with Crippen molar-refractivity contribution in [2.75, 3.05) is 0 Å². The molecule has 5 nitrogen and oxygen atoms in total. The third-order valence-corrected chi connectivity index (χ3v) is 4.17. The highest BCUT2D eigenvalue weighted by Gasteiger charge is 2.30. The van der Waals surface area contributed by atoms with E-state index < -0.39 is 5.97 Å². The van der Waals surface area contributed by atoms with Crippen LogP contribution < -0.4 is 0 Å². The number of carbonyl (C=O) groups is 1. The zero-order chi connectivity index (χ0) is 18.1. The normalized spacial score (nSPS) is 15.2. The van der Waals surface area contributed by atoms with Crippen LogP contribution in [0, 0.1) is 6.92 Å². The second-order valence-electron chi connectivity index (χ2n) is 5.72. The number of aliphatic imine (C=N–C) groups is 1. The van der Waals surface area contributed by atoms with Crippen molar-refractivity contribution in [1.29, 1.82) is 0 Å². The first-order valence-corrected chi connectivity index (χ1v) is 8.30.